The summed E-state index contributed by atoms with van der Waals surface area (Å²) in [6.07, 6.45) is -0.745. The minimum Gasteiger partial charge on any atom is -0.480 e. The highest BCUT2D eigenvalue weighted by molar-refractivity contribution is 6.00. The Balaban J connectivity index is 2.35. The van der Waals surface area contributed by atoms with E-state index in [4.69, 9.17) is 25.7 Å². The summed E-state index contributed by atoms with van der Waals surface area (Å²) in [5.74, 6) is -0.634. The van der Waals surface area contributed by atoms with E-state index >= 15 is 0 Å². The lowest BCUT2D eigenvalue weighted by molar-refractivity contribution is -0.00697. The molecule has 130 valence electrons. The van der Waals surface area contributed by atoms with Crippen molar-refractivity contribution in [1.29, 1.82) is 5.26 Å². The van der Waals surface area contributed by atoms with Gasteiger partial charge in [-0.2, -0.15) is 10.2 Å². The number of nitrogen functional groups attached to an aromatic ring is 1. The van der Waals surface area contributed by atoms with Crippen molar-refractivity contribution in [2.75, 3.05) is 19.5 Å². The maximum atomic E-state index is 12.2. The van der Waals surface area contributed by atoms with Gasteiger partial charge in [-0.25, -0.2) is 10.5 Å². The zero-order valence-electron chi connectivity index (χ0n) is 13.7. The molecule has 4 N–H and O–H groups in total. The molecule has 1 aromatic heterocycles. The van der Waals surface area contributed by atoms with Gasteiger partial charge in [0.1, 0.15) is 18.0 Å². The number of rotatable bonds is 6. The van der Waals surface area contributed by atoms with E-state index in [0.717, 1.165) is 0 Å². The summed E-state index contributed by atoms with van der Waals surface area (Å²) in [6.45, 7) is 1.42. The number of hydroxylamine groups is 1. The number of aliphatic hydroxyl groups is 1. The van der Waals surface area contributed by atoms with Crippen LogP contribution in [0.3, 0.4) is 0 Å². The first kappa shape index (κ1) is 18.1. The number of hydrogen-bond acceptors (Lipinski definition) is 8. The summed E-state index contributed by atoms with van der Waals surface area (Å²) in [5, 5.41) is 18.1. The molecule has 0 radical (unpaired) electrons. The van der Waals surface area contributed by atoms with Crippen molar-refractivity contribution in [2.24, 2.45) is 0 Å². The molecule has 0 aliphatic heterocycles. The second-order valence-electron chi connectivity index (χ2n) is 5.10. The Morgan fingerprint density at radius 3 is 2.88 bits per heavy atom. The molecule has 1 unspecified atom stereocenters. The smallest absolute Gasteiger partial charge is 0.284 e. The van der Waals surface area contributed by atoms with Crippen LogP contribution in [0.15, 0.2) is 24.3 Å². The number of methoxy groups -OCH3 is 1. The van der Waals surface area contributed by atoms with E-state index in [2.05, 4.69) is 15.4 Å². The van der Waals surface area contributed by atoms with Gasteiger partial charge in [0, 0.05) is 5.56 Å². The molecule has 0 saturated heterocycles. The molecule has 1 atom stereocenters. The fraction of sp³-hybridized carbons (Fsp3) is 0.250. The number of nitriles is 1. The van der Waals surface area contributed by atoms with Crippen LogP contribution >= 0.6 is 0 Å². The molecule has 1 heterocycles. The zero-order valence-corrected chi connectivity index (χ0v) is 13.7. The van der Waals surface area contributed by atoms with E-state index in [1.807, 2.05) is 6.07 Å². The topological polar surface area (TPSA) is 143 Å². The van der Waals surface area contributed by atoms with E-state index < -0.39 is 12.0 Å². The van der Waals surface area contributed by atoms with E-state index in [1.54, 1.807) is 24.3 Å². The zero-order chi connectivity index (χ0) is 18.4. The molecule has 2 aromatic rings. The average molecular weight is 343 g/mol. The number of anilines is 1. The molecule has 0 aliphatic carbocycles. The summed E-state index contributed by atoms with van der Waals surface area (Å²) in [7, 11) is 1.34. The van der Waals surface area contributed by atoms with Gasteiger partial charge in [-0.1, -0.05) is 12.1 Å². The fourth-order valence-electron chi connectivity index (χ4n) is 1.95. The maximum absolute atomic E-state index is 12.2. The molecule has 0 fully saturated rings. The molecule has 9 heteroatoms. The molecule has 1 amide bonds. The van der Waals surface area contributed by atoms with E-state index in [0.29, 0.717) is 11.1 Å². The number of aromatic nitrogens is 2. The molecule has 0 saturated carbocycles. The first-order valence-corrected chi connectivity index (χ1v) is 7.28. The minimum atomic E-state index is -0.745. The number of ether oxygens (including phenoxy) is 1. The number of nitrogens with zero attached hydrogens (tertiary/aromatic N) is 3. The van der Waals surface area contributed by atoms with Crippen molar-refractivity contribution in [3.05, 3.63) is 35.4 Å². The molecule has 0 aliphatic rings. The summed E-state index contributed by atoms with van der Waals surface area (Å²) >= 11 is 0. The lowest BCUT2D eigenvalue weighted by atomic mass is 10.1. The Morgan fingerprint density at radius 2 is 2.24 bits per heavy atom. The first-order valence-electron chi connectivity index (χ1n) is 7.28. The summed E-state index contributed by atoms with van der Waals surface area (Å²) < 4.78 is 5.13. The number of nitrogens with two attached hydrogens (primary N) is 1. The minimum absolute atomic E-state index is 0.0389. The average Bonchev–Trinajstić information content (AvgIpc) is 2.60. The standard InChI is InChI=1S/C16H17N5O4/c1-9(22)8-25-21-15(23)12-13(18)19-14(20-16(12)24-2)11-5-3-4-10(6-11)7-17/h3-6,9,22H,8H2,1-2H3,(H,21,23)(H2,18,19,20). The van der Waals surface area contributed by atoms with E-state index in [-0.39, 0.29) is 29.7 Å². The molecule has 25 heavy (non-hydrogen) atoms. The number of benzene rings is 1. The van der Waals surface area contributed by atoms with Gasteiger partial charge in [0.15, 0.2) is 5.82 Å². The lowest BCUT2D eigenvalue weighted by Crippen LogP contribution is -2.29. The van der Waals surface area contributed by atoms with Gasteiger partial charge in [0.2, 0.25) is 5.88 Å². The van der Waals surface area contributed by atoms with Gasteiger partial charge in [-0.05, 0) is 19.1 Å². The molecule has 9 nitrogen and oxygen atoms in total. The number of hydrogen-bond donors (Lipinski definition) is 3. The quantitative estimate of drug-likeness (QED) is 0.649. The number of carbonyl (C=O) groups is 1. The van der Waals surface area contributed by atoms with Gasteiger partial charge in [-0.3, -0.25) is 9.63 Å². The third kappa shape index (κ3) is 4.41. The van der Waals surface area contributed by atoms with E-state index in [1.165, 1.54) is 14.0 Å². The van der Waals surface area contributed by atoms with Crippen molar-refractivity contribution >= 4 is 11.7 Å². The van der Waals surface area contributed by atoms with E-state index in [9.17, 15) is 4.79 Å². The van der Waals surface area contributed by atoms with Crippen LogP contribution in [0.1, 0.15) is 22.8 Å². The number of amides is 1. The predicted molar refractivity (Wildman–Crippen MR) is 88.2 cm³/mol. The van der Waals surface area contributed by atoms with Gasteiger partial charge >= 0.3 is 0 Å². The highest BCUT2D eigenvalue weighted by Gasteiger charge is 2.21. The van der Waals surface area contributed by atoms with Crippen LogP contribution in [0.4, 0.5) is 5.82 Å². The predicted octanol–water partition coefficient (Wildman–Crippen LogP) is 0.648. The molecule has 2 rings (SSSR count). The van der Waals surface area contributed by atoms with Crippen molar-refractivity contribution < 1.29 is 19.5 Å². The summed E-state index contributed by atoms with van der Waals surface area (Å²) in [6, 6.07) is 8.66. The number of aliphatic hydroxyl groups excluding tert-OH is 1. The summed E-state index contributed by atoms with van der Waals surface area (Å²) in [5.41, 5.74) is 8.92. The van der Waals surface area contributed by atoms with Crippen LogP contribution in [0.25, 0.3) is 11.4 Å². The van der Waals surface area contributed by atoms with Gasteiger partial charge < -0.3 is 15.6 Å². The van der Waals surface area contributed by atoms with Gasteiger partial charge in [0.05, 0.1) is 24.8 Å². The molecular weight excluding hydrogens is 326 g/mol. The monoisotopic (exact) mass is 343 g/mol. The van der Waals surface area contributed by atoms with Crippen LogP contribution < -0.4 is 16.0 Å². The van der Waals surface area contributed by atoms with Gasteiger partial charge in [0.25, 0.3) is 5.91 Å². The summed E-state index contributed by atoms with van der Waals surface area (Å²) in [4.78, 5) is 25.3. The van der Waals surface area contributed by atoms with Crippen molar-refractivity contribution in [3.63, 3.8) is 0 Å². The molecule has 1 aromatic carbocycles. The highest BCUT2D eigenvalue weighted by Crippen LogP contribution is 2.26. The van der Waals surface area contributed by atoms with Crippen molar-refractivity contribution in [1.82, 2.24) is 15.4 Å². The molecule has 0 bridgehead atoms. The second kappa shape index (κ2) is 8.05. The van der Waals surface area contributed by atoms with Crippen molar-refractivity contribution in [3.8, 4) is 23.3 Å². The molecule has 0 spiro atoms. The Labute approximate surface area is 144 Å². The largest absolute Gasteiger partial charge is 0.480 e. The number of nitrogens with one attached hydrogen (secondary N) is 1. The Kier molecular flexibility index (Phi) is 5.84. The third-order valence-electron chi connectivity index (χ3n) is 3.06. The van der Waals surface area contributed by atoms with Crippen LogP contribution in [-0.2, 0) is 4.84 Å². The Hall–Kier alpha value is -3.22. The normalized spacial score (nSPS) is 11.4. The van der Waals surface area contributed by atoms with Crippen LogP contribution in [0, 0.1) is 11.3 Å². The van der Waals surface area contributed by atoms with Crippen LogP contribution in [0.2, 0.25) is 0 Å². The van der Waals surface area contributed by atoms with Crippen LogP contribution in [0.5, 0.6) is 5.88 Å². The Bertz CT molecular complexity index is 817. The molecular formula is C16H17N5O4. The SMILES string of the molecule is COc1nc(-c2cccc(C#N)c2)nc(N)c1C(=O)NOCC(C)O. The maximum Gasteiger partial charge on any atom is 0.284 e. The highest BCUT2D eigenvalue weighted by atomic mass is 16.7. The van der Waals surface area contributed by atoms with Crippen LogP contribution in [-0.4, -0.2) is 40.8 Å². The van der Waals surface area contributed by atoms with Crippen molar-refractivity contribution in [2.45, 2.75) is 13.0 Å². The third-order valence-corrected chi connectivity index (χ3v) is 3.06. The first-order chi connectivity index (χ1) is 12.0. The number of carbonyl (C=O) groups excluding carboxylic acids is 1. The lowest BCUT2D eigenvalue weighted by Gasteiger charge is -2.12. The Morgan fingerprint density at radius 1 is 1.48 bits per heavy atom. The second-order valence-corrected chi connectivity index (χ2v) is 5.10. The fourth-order valence-corrected chi connectivity index (χ4v) is 1.95. The van der Waals surface area contributed by atoms with Gasteiger partial charge in [-0.15, -0.1) is 0 Å².